The Balaban J connectivity index is 1.99. The van der Waals surface area contributed by atoms with Crippen molar-refractivity contribution in [3.8, 4) is 5.75 Å². The van der Waals surface area contributed by atoms with Crippen LogP contribution in [0.5, 0.6) is 5.75 Å². The lowest BCUT2D eigenvalue weighted by Crippen LogP contribution is -2.32. The molecule has 0 bridgehead atoms. The Morgan fingerprint density at radius 3 is 3.12 bits per heavy atom. The van der Waals surface area contributed by atoms with E-state index in [1.165, 1.54) is 11.3 Å². The van der Waals surface area contributed by atoms with Gasteiger partial charge in [-0.1, -0.05) is 6.07 Å². The largest absolute Gasteiger partial charge is 0.496 e. The van der Waals surface area contributed by atoms with E-state index < -0.39 is 0 Å². The number of nitrogens with zero attached hydrogens (tertiary/aromatic N) is 1. The van der Waals surface area contributed by atoms with E-state index in [9.17, 15) is 4.79 Å². The summed E-state index contributed by atoms with van der Waals surface area (Å²) in [6.07, 6.45) is 1.49. The van der Waals surface area contributed by atoms with E-state index in [0.29, 0.717) is 12.5 Å². The number of carbonyl (C=O) groups is 1. The third kappa shape index (κ3) is 1.64. The van der Waals surface area contributed by atoms with Crippen LogP contribution in [0, 0.1) is 0 Å². The maximum Gasteiger partial charge on any atom is 0.222 e. The molecule has 1 aromatic carbocycles. The molecule has 4 heteroatoms. The van der Waals surface area contributed by atoms with Gasteiger partial charge in [-0.2, -0.15) is 0 Å². The quantitative estimate of drug-likeness (QED) is 0.783. The number of benzene rings is 1. The monoisotopic (exact) mass is 232 g/mol. The standard InChI is InChI=1S/C13H16N2O2/c1-17-12-4-2-3-11-10(12)7-9-8-13(16)14-5-6-15(9)11/h2-4,9H,5-8H2,1H3,(H,14,16). The van der Waals surface area contributed by atoms with Crippen molar-refractivity contribution in [2.75, 3.05) is 25.1 Å². The van der Waals surface area contributed by atoms with Crippen molar-refractivity contribution in [2.45, 2.75) is 18.9 Å². The highest BCUT2D eigenvalue weighted by molar-refractivity contribution is 5.79. The topological polar surface area (TPSA) is 41.6 Å². The van der Waals surface area contributed by atoms with Crippen LogP contribution >= 0.6 is 0 Å². The molecule has 1 unspecified atom stereocenters. The molecule has 2 aliphatic rings. The Hall–Kier alpha value is -1.71. The van der Waals surface area contributed by atoms with Gasteiger partial charge in [0.1, 0.15) is 5.75 Å². The minimum atomic E-state index is 0.157. The molecule has 1 aromatic rings. The zero-order chi connectivity index (χ0) is 11.8. The van der Waals surface area contributed by atoms with Crippen molar-refractivity contribution >= 4 is 11.6 Å². The third-order valence-corrected chi connectivity index (χ3v) is 3.61. The van der Waals surface area contributed by atoms with Gasteiger partial charge in [0.15, 0.2) is 0 Å². The maximum absolute atomic E-state index is 11.6. The molecule has 0 radical (unpaired) electrons. The van der Waals surface area contributed by atoms with Gasteiger partial charge in [-0.15, -0.1) is 0 Å². The third-order valence-electron chi connectivity index (χ3n) is 3.61. The van der Waals surface area contributed by atoms with Gasteiger partial charge >= 0.3 is 0 Å². The average Bonchev–Trinajstić information content (AvgIpc) is 2.56. The number of hydrogen-bond acceptors (Lipinski definition) is 3. The summed E-state index contributed by atoms with van der Waals surface area (Å²) < 4.78 is 5.39. The number of carbonyl (C=O) groups excluding carboxylic acids is 1. The van der Waals surface area contributed by atoms with E-state index in [2.05, 4.69) is 16.3 Å². The predicted octanol–water partition coefficient (Wildman–Crippen LogP) is 0.946. The molecule has 0 aliphatic carbocycles. The lowest BCUT2D eigenvalue weighted by Gasteiger charge is -2.23. The first kappa shape index (κ1) is 10.4. The second-order valence-electron chi connectivity index (χ2n) is 4.56. The smallest absolute Gasteiger partial charge is 0.222 e. The van der Waals surface area contributed by atoms with Gasteiger partial charge in [0.25, 0.3) is 0 Å². The number of amides is 1. The molecule has 3 rings (SSSR count). The van der Waals surface area contributed by atoms with E-state index in [1.54, 1.807) is 7.11 Å². The summed E-state index contributed by atoms with van der Waals surface area (Å²) in [5, 5.41) is 2.92. The second kappa shape index (κ2) is 3.95. The van der Waals surface area contributed by atoms with E-state index in [-0.39, 0.29) is 5.91 Å². The Kier molecular flexibility index (Phi) is 2.42. The molecule has 17 heavy (non-hydrogen) atoms. The van der Waals surface area contributed by atoms with Crippen LogP contribution < -0.4 is 15.0 Å². The molecule has 2 aliphatic heterocycles. The maximum atomic E-state index is 11.6. The fourth-order valence-electron chi connectivity index (χ4n) is 2.85. The minimum Gasteiger partial charge on any atom is -0.496 e. The minimum absolute atomic E-state index is 0.157. The van der Waals surface area contributed by atoms with Crippen molar-refractivity contribution in [3.05, 3.63) is 23.8 Å². The first-order valence-electron chi connectivity index (χ1n) is 5.99. The Morgan fingerprint density at radius 1 is 1.41 bits per heavy atom. The van der Waals surface area contributed by atoms with Gasteiger partial charge in [-0.25, -0.2) is 0 Å². The van der Waals surface area contributed by atoms with Gasteiger partial charge in [-0.3, -0.25) is 4.79 Å². The molecule has 1 atom stereocenters. The summed E-state index contributed by atoms with van der Waals surface area (Å²) in [6.45, 7) is 1.61. The highest BCUT2D eigenvalue weighted by Crippen LogP contribution is 2.39. The summed E-state index contributed by atoms with van der Waals surface area (Å²) in [4.78, 5) is 13.9. The number of rotatable bonds is 1. The Morgan fingerprint density at radius 2 is 2.29 bits per heavy atom. The molecular formula is C13H16N2O2. The van der Waals surface area contributed by atoms with Crippen LogP contribution in [-0.2, 0) is 11.2 Å². The molecule has 0 saturated carbocycles. The number of methoxy groups -OCH3 is 1. The first-order valence-corrected chi connectivity index (χ1v) is 5.99. The van der Waals surface area contributed by atoms with E-state index in [0.717, 1.165) is 25.3 Å². The second-order valence-corrected chi connectivity index (χ2v) is 4.56. The number of fused-ring (bicyclic) bond motifs is 3. The van der Waals surface area contributed by atoms with Gasteiger partial charge in [-0.05, 0) is 18.6 Å². The van der Waals surface area contributed by atoms with Crippen LogP contribution in [-0.4, -0.2) is 32.1 Å². The normalized spacial score (nSPS) is 22.5. The van der Waals surface area contributed by atoms with Crippen LogP contribution in [0.2, 0.25) is 0 Å². The van der Waals surface area contributed by atoms with Crippen molar-refractivity contribution in [1.82, 2.24) is 5.32 Å². The molecule has 1 fully saturated rings. The fraction of sp³-hybridized carbons (Fsp3) is 0.462. The lowest BCUT2D eigenvalue weighted by atomic mass is 10.1. The van der Waals surface area contributed by atoms with Gasteiger partial charge in [0, 0.05) is 36.8 Å². The average molecular weight is 232 g/mol. The zero-order valence-corrected chi connectivity index (χ0v) is 9.90. The summed E-state index contributed by atoms with van der Waals surface area (Å²) in [5.41, 5.74) is 2.47. The van der Waals surface area contributed by atoms with E-state index >= 15 is 0 Å². The zero-order valence-electron chi connectivity index (χ0n) is 9.90. The van der Waals surface area contributed by atoms with Crippen LogP contribution in [0.1, 0.15) is 12.0 Å². The SMILES string of the molecule is COc1cccc2c1CC1CC(=O)NCCN21. The van der Waals surface area contributed by atoms with Crippen LogP contribution in [0.4, 0.5) is 5.69 Å². The summed E-state index contributed by atoms with van der Waals surface area (Å²) in [7, 11) is 1.70. The molecule has 1 N–H and O–H groups in total. The number of anilines is 1. The number of nitrogens with one attached hydrogen (secondary N) is 1. The van der Waals surface area contributed by atoms with Crippen molar-refractivity contribution in [3.63, 3.8) is 0 Å². The van der Waals surface area contributed by atoms with Crippen LogP contribution in [0.15, 0.2) is 18.2 Å². The van der Waals surface area contributed by atoms with E-state index in [1.807, 2.05) is 12.1 Å². The highest BCUT2D eigenvalue weighted by Gasteiger charge is 2.34. The molecule has 0 spiro atoms. The van der Waals surface area contributed by atoms with Crippen molar-refractivity contribution in [2.24, 2.45) is 0 Å². The fourth-order valence-corrected chi connectivity index (χ4v) is 2.85. The van der Waals surface area contributed by atoms with Crippen LogP contribution in [0.3, 0.4) is 0 Å². The van der Waals surface area contributed by atoms with Crippen LogP contribution in [0.25, 0.3) is 0 Å². The van der Waals surface area contributed by atoms with Gasteiger partial charge < -0.3 is 15.0 Å². The Labute approximate surface area is 101 Å². The summed E-state index contributed by atoms with van der Waals surface area (Å²) in [6, 6.07) is 6.42. The number of hydrogen-bond donors (Lipinski definition) is 1. The predicted molar refractivity (Wildman–Crippen MR) is 65.5 cm³/mol. The molecule has 4 nitrogen and oxygen atoms in total. The Bertz CT molecular complexity index is 459. The summed E-state index contributed by atoms with van der Waals surface area (Å²) >= 11 is 0. The van der Waals surface area contributed by atoms with Gasteiger partial charge in [0.2, 0.25) is 5.91 Å². The molecule has 1 amide bonds. The van der Waals surface area contributed by atoms with Crippen molar-refractivity contribution in [1.29, 1.82) is 0 Å². The van der Waals surface area contributed by atoms with Crippen molar-refractivity contribution < 1.29 is 9.53 Å². The molecule has 1 saturated heterocycles. The highest BCUT2D eigenvalue weighted by atomic mass is 16.5. The molecule has 2 heterocycles. The van der Waals surface area contributed by atoms with E-state index in [4.69, 9.17) is 4.74 Å². The summed E-state index contributed by atoms with van der Waals surface area (Å²) in [5.74, 6) is 1.10. The lowest BCUT2D eigenvalue weighted by molar-refractivity contribution is -0.120. The molecule has 90 valence electrons. The molecule has 0 aromatic heterocycles. The first-order chi connectivity index (χ1) is 8.29. The molecular weight excluding hydrogens is 216 g/mol. The van der Waals surface area contributed by atoms with Gasteiger partial charge in [0.05, 0.1) is 7.11 Å². The number of ether oxygens (including phenoxy) is 1.